The fourth-order valence-corrected chi connectivity index (χ4v) is 2.48. The van der Waals surface area contributed by atoms with Crippen LogP contribution in [-0.2, 0) is 0 Å². The highest BCUT2D eigenvalue weighted by molar-refractivity contribution is 6.15. The molecule has 3 rings (SSSR count). The topological polar surface area (TPSA) is 48.4 Å². The number of fused-ring (bicyclic) bond motifs is 1. The second-order valence-corrected chi connectivity index (χ2v) is 5.04. The van der Waals surface area contributed by atoms with Crippen molar-refractivity contribution in [1.29, 1.82) is 0 Å². The van der Waals surface area contributed by atoms with Gasteiger partial charge >= 0.3 is 0 Å². The lowest BCUT2D eigenvalue weighted by molar-refractivity contribution is 0.103. The van der Waals surface area contributed by atoms with Crippen molar-refractivity contribution >= 4 is 16.6 Å². The van der Waals surface area contributed by atoms with Crippen molar-refractivity contribution in [2.24, 2.45) is 0 Å². The lowest BCUT2D eigenvalue weighted by Gasteiger charge is -2.11. The van der Waals surface area contributed by atoms with E-state index >= 15 is 0 Å². The maximum absolute atomic E-state index is 13.9. The molecule has 0 amide bonds. The van der Waals surface area contributed by atoms with Gasteiger partial charge in [-0.25, -0.2) is 8.78 Å². The number of carbonyl (C=O) groups is 1. The molecule has 24 heavy (non-hydrogen) atoms. The van der Waals surface area contributed by atoms with E-state index in [1.165, 1.54) is 20.4 Å². The monoisotopic (exact) mass is 329 g/mol. The summed E-state index contributed by atoms with van der Waals surface area (Å²) in [5.41, 5.74) is -0.190. The summed E-state index contributed by atoms with van der Waals surface area (Å²) in [5.74, 6) is -1.39. The number of nitrogens with zero attached hydrogens (tertiary/aromatic N) is 1. The summed E-state index contributed by atoms with van der Waals surface area (Å²) in [6, 6.07) is 7.82. The number of pyridine rings is 1. The van der Waals surface area contributed by atoms with Gasteiger partial charge in [0.15, 0.2) is 11.5 Å². The third kappa shape index (κ3) is 2.67. The van der Waals surface area contributed by atoms with Gasteiger partial charge in [-0.2, -0.15) is 0 Å². The van der Waals surface area contributed by atoms with Gasteiger partial charge in [-0.15, -0.1) is 0 Å². The Balaban J connectivity index is 2.20. The van der Waals surface area contributed by atoms with Crippen LogP contribution in [0, 0.1) is 11.6 Å². The Kier molecular flexibility index (Phi) is 4.12. The number of hydrogen-bond donors (Lipinski definition) is 0. The van der Waals surface area contributed by atoms with E-state index in [-0.39, 0.29) is 11.3 Å². The molecule has 0 saturated carbocycles. The highest BCUT2D eigenvalue weighted by atomic mass is 19.1. The molecule has 1 aromatic heterocycles. The molecule has 3 aromatic rings. The van der Waals surface area contributed by atoms with Crippen LogP contribution in [0.5, 0.6) is 11.5 Å². The van der Waals surface area contributed by atoms with Crippen molar-refractivity contribution < 1.29 is 23.0 Å². The van der Waals surface area contributed by atoms with Crippen LogP contribution >= 0.6 is 0 Å². The molecule has 0 unspecified atom stereocenters. The Bertz CT molecular complexity index is 941. The maximum Gasteiger partial charge on any atom is 0.214 e. The standard InChI is InChI=1S/C18H13F2NO3/c1-23-15-7-10-5-6-21-17(13(10)9-16(15)24-2)18(22)12-4-3-11(19)8-14(12)20/h3-9H,1-2H3. The Morgan fingerprint density at radius 2 is 1.71 bits per heavy atom. The molecule has 0 aliphatic rings. The first-order chi connectivity index (χ1) is 11.5. The van der Waals surface area contributed by atoms with E-state index in [0.29, 0.717) is 28.3 Å². The van der Waals surface area contributed by atoms with Crippen LogP contribution in [0.1, 0.15) is 16.1 Å². The zero-order valence-corrected chi connectivity index (χ0v) is 13.0. The quantitative estimate of drug-likeness (QED) is 0.684. The number of benzene rings is 2. The minimum absolute atomic E-state index is 0.0546. The fraction of sp³-hybridized carbons (Fsp3) is 0.111. The highest BCUT2D eigenvalue weighted by Gasteiger charge is 2.19. The molecule has 1 heterocycles. The summed E-state index contributed by atoms with van der Waals surface area (Å²) in [7, 11) is 2.98. The van der Waals surface area contributed by atoms with Crippen molar-refractivity contribution in [2.75, 3.05) is 14.2 Å². The van der Waals surface area contributed by atoms with E-state index in [1.807, 2.05) is 0 Å². The molecule has 0 bridgehead atoms. The van der Waals surface area contributed by atoms with E-state index in [2.05, 4.69) is 4.98 Å². The van der Waals surface area contributed by atoms with Crippen molar-refractivity contribution in [3.05, 3.63) is 65.5 Å². The minimum Gasteiger partial charge on any atom is -0.493 e. The number of halogens is 2. The van der Waals surface area contributed by atoms with Gasteiger partial charge < -0.3 is 9.47 Å². The van der Waals surface area contributed by atoms with Crippen molar-refractivity contribution in [2.45, 2.75) is 0 Å². The molecule has 0 aliphatic carbocycles. The molecule has 0 fully saturated rings. The van der Waals surface area contributed by atoms with Crippen LogP contribution in [0.25, 0.3) is 10.8 Å². The second kappa shape index (κ2) is 6.23. The van der Waals surface area contributed by atoms with Gasteiger partial charge in [-0.3, -0.25) is 9.78 Å². The van der Waals surface area contributed by atoms with E-state index in [9.17, 15) is 13.6 Å². The summed E-state index contributed by atoms with van der Waals surface area (Å²) in [6.07, 6.45) is 1.45. The predicted molar refractivity (Wildman–Crippen MR) is 84.6 cm³/mol. The average Bonchev–Trinajstić information content (AvgIpc) is 2.59. The first kappa shape index (κ1) is 15.9. The Labute approximate surface area is 136 Å². The average molecular weight is 329 g/mol. The number of aromatic nitrogens is 1. The SMILES string of the molecule is COc1cc2ccnc(C(=O)c3ccc(F)cc3F)c2cc1OC. The molecule has 2 aromatic carbocycles. The third-order valence-electron chi connectivity index (χ3n) is 3.66. The Morgan fingerprint density at radius 3 is 2.38 bits per heavy atom. The first-order valence-electron chi connectivity index (χ1n) is 7.05. The van der Waals surface area contributed by atoms with Gasteiger partial charge in [-0.05, 0) is 35.7 Å². The molecule has 0 radical (unpaired) electrons. The zero-order valence-electron chi connectivity index (χ0n) is 13.0. The summed E-state index contributed by atoms with van der Waals surface area (Å²) >= 11 is 0. The summed E-state index contributed by atoms with van der Waals surface area (Å²) in [5, 5.41) is 1.18. The van der Waals surface area contributed by atoms with Crippen LogP contribution in [0.2, 0.25) is 0 Å². The third-order valence-corrected chi connectivity index (χ3v) is 3.66. The number of hydrogen-bond acceptors (Lipinski definition) is 4. The van der Waals surface area contributed by atoms with Gasteiger partial charge in [0.1, 0.15) is 17.3 Å². The van der Waals surface area contributed by atoms with Gasteiger partial charge in [-0.1, -0.05) is 0 Å². The van der Waals surface area contributed by atoms with E-state index in [4.69, 9.17) is 9.47 Å². The van der Waals surface area contributed by atoms with Crippen LogP contribution in [-0.4, -0.2) is 25.0 Å². The normalized spacial score (nSPS) is 10.7. The molecule has 0 atom stereocenters. The Hall–Kier alpha value is -3.02. The van der Waals surface area contributed by atoms with E-state index in [1.54, 1.807) is 18.2 Å². The molecular weight excluding hydrogens is 316 g/mol. The molecule has 122 valence electrons. The van der Waals surface area contributed by atoms with Crippen LogP contribution < -0.4 is 9.47 Å². The number of ether oxygens (including phenoxy) is 2. The second-order valence-electron chi connectivity index (χ2n) is 5.04. The summed E-state index contributed by atoms with van der Waals surface area (Å²) < 4.78 is 37.4. The zero-order chi connectivity index (χ0) is 17.3. The molecule has 0 spiro atoms. The first-order valence-corrected chi connectivity index (χ1v) is 7.05. The molecular formula is C18H13F2NO3. The largest absolute Gasteiger partial charge is 0.493 e. The Morgan fingerprint density at radius 1 is 1.00 bits per heavy atom. The highest BCUT2D eigenvalue weighted by Crippen LogP contribution is 2.33. The molecule has 0 saturated heterocycles. The molecule has 0 aliphatic heterocycles. The lowest BCUT2D eigenvalue weighted by Crippen LogP contribution is -2.08. The maximum atomic E-state index is 13.9. The van der Waals surface area contributed by atoms with Crippen molar-refractivity contribution in [1.82, 2.24) is 4.98 Å². The summed E-state index contributed by atoms with van der Waals surface area (Å²) in [4.78, 5) is 16.7. The molecule has 6 heteroatoms. The smallest absolute Gasteiger partial charge is 0.214 e. The van der Waals surface area contributed by atoms with Gasteiger partial charge in [0, 0.05) is 17.6 Å². The van der Waals surface area contributed by atoms with Crippen LogP contribution in [0.15, 0.2) is 42.6 Å². The lowest BCUT2D eigenvalue weighted by atomic mass is 10.0. The number of carbonyl (C=O) groups excluding carboxylic acids is 1. The molecule has 0 N–H and O–H groups in total. The van der Waals surface area contributed by atoms with Gasteiger partial charge in [0.25, 0.3) is 0 Å². The summed E-state index contributed by atoms with van der Waals surface area (Å²) in [6.45, 7) is 0. The van der Waals surface area contributed by atoms with Crippen molar-refractivity contribution in [3.8, 4) is 11.5 Å². The van der Waals surface area contributed by atoms with Gasteiger partial charge in [0.2, 0.25) is 5.78 Å². The van der Waals surface area contributed by atoms with E-state index in [0.717, 1.165) is 12.1 Å². The molecule has 4 nitrogen and oxygen atoms in total. The van der Waals surface area contributed by atoms with Gasteiger partial charge in [0.05, 0.1) is 19.8 Å². The number of ketones is 1. The van der Waals surface area contributed by atoms with E-state index < -0.39 is 17.4 Å². The van der Waals surface area contributed by atoms with Crippen LogP contribution in [0.4, 0.5) is 8.78 Å². The minimum atomic E-state index is -0.931. The van der Waals surface area contributed by atoms with Crippen LogP contribution in [0.3, 0.4) is 0 Å². The number of rotatable bonds is 4. The predicted octanol–water partition coefficient (Wildman–Crippen LogP) is 3.76. The van der Waals surface area contributed by atoms with Crippen molar-refractivity contribution in [3.63, 3.8) is 0 Å². The fourth-order valence-electron chi connectivity index (χ4n) is 2.48. The number of methoxy groups -OCH3 is 2.